The van der Waals surface area contributed by atoms with Gasteiger partial charge in [0, 0.05) is 34.2 Å². The molecule has 0 unspecified atom stereocenters. The highest BCUT2D eigenvalue weighted by Crippen LogP contribution is 2.56. The Morgan fingerprint density at radius 3 is 1.96 bits per heavy atom. The van der Waals surface area contributed by atoms with Gasteiger partial charge < -0.3 is 4.57 Å². The number of hydrogen-bond acceptors (Lipinski definition) is 1. The zero-order valence-electron chi connectivity index (χ0n) is 26.2. The Bertz CT molecular complexity index is 2620. The third-order valence-corrected chi connectivity index (χ3v) is 10.4. The second-order valence-electron chi connectivity index (χ2n) is 12.7. The van der Waals surface area contributed by atoms with Crippen molar-refractivity contribution in [2.45, 2.75) is 5.41 Å². The maximum absolute atomic E-state index is 4.44. The molecule has 0 fully saturated rings. The standard InChI is InChI=1S/C46H30N2/c1-3-13-33(14-4-1)46(34-15-5-2-6-16-34)42-20-9-7-17-37(42)39-29-35(23-24-43(39)46)48-44-21-10-8-18-38(44)40-28-32(22-25-45(40)48)36-19-11-12-31-26-27-47-30-41(31)36/h1-30H. The van der Waals surface area contributed by atoms with E-state index in [1.165, 1.54) is 77.1 Å². The predicted molar refractivity (Wildman–Crippen MR) is 199 cm³/mol. The van der Waals surface area contributed by atoms with E-state index in [4.69, 9.17) is 0 Å². The molecule has 0 aliphatic heterocycles. The average Bonchev–Trinajstić information content (AvgIpc) is 3.65. The summed E-state index contributed by atoms with van der Waals surface area (Å²) in [7, 11) is 0. The highest BCUT2D eigenvalue weighted by molar-refractivity contribution is 6.11. The van der Waals surface area contributed by atoms with Crippen LogP contribution in [0.15, 0.2) is 182 Å². The number of aromatic nitrogens is 2. The second kappa shape index (κ2) is 10.4. The quantitative estimate of drug-likeness (QED) is 0.194. The summed E-state index contributed by atoms with van der Waals surface area (Å²) in [6, 6.07) is 62.4. The van der Waals surface area contributed by atoms with E-state index >= 15 is 0 Å². The predicted octanol–water partition coefficient (Wildman–Crippen LogP) is 11.4. The third-order valence-electron chi connectivity index (χ3n) is 10.4. The van der Waals surface area contributed by atoms with Gasteiger partial charge in [0.25, 0.3) is 0 Å². The molecular weight excluding hydrogens is 581 g/mol. The van der Waals surface area contributed by atoms with Gasteiger partial charge in [0.1, 0.15) is 0 Å². The minimum absolute atomic E-state index is 0.407. The van der Waals surface area contributed by atoms with E-state index in [9.17, 15) is 0 Å². The molecule has 2 aromatic heterocycles. The molecule has 0 N–H and O–H groups in total. The molecule has 0 radical (unpaired) electrons. The van der Waals surface area contributed by atoms with Crippen molar-refractivity contribution in [1.82, 2.24) is 9.55 Å². The fourth-order valence-corrected chi connectivity index (χ4v) is 8.36. The van der Waals surface area contributed by atoms with Crippen molar-refractivity contribution in [3.8, 4) is 27.9 Å². The van der Waals surface area contributed by atoms with Gasteiger partial charge in [0.15, 0.2) is 0 Å². The fourth-order valence-electron chi connectivity index (χ4n) is 8.36. The minimum Gasteiger partial charge on any atom is -0.309 e. The second-order valence-corrected chi connectivity index (χ2v) is 12.7. The van der Waals surface area contributed by atoms with Crippen molar-refractivity contribution >= 4 is 32.6 Å². The molecule has 9 aromatic rings. The number of rotatable bonds is 4. The first-order valence-electron chi connectivity index (χ1n) is 16.5. The molecule has 0 spiro atoms. The van der Waals surface area contributed by atoms with E-state index < -0.39 is 5.41 Å². The Morgan fingerprint density at radius 1 is 0.438 bits per heavy atom. The molecule has 224 valence electrons. The van der Waals surface area contributed by atoms with Gasteiger partial charge in [-0.3, -0.25) is 4.98 Å². The van der Waals surface area contributed by atoms with Crippen LogP contribution < -0.4 is 0 Å². The largest absolute Gasteiger partial charge is 0.309 e. The summed E-state index contributed by atoms with van der Waals surface area (Å²) in [5, 5.41) is 4.86. The molecule has 0 bridgehead atoms. The van der Waals surface area contributed by atoms with Gasteiger partial charge in [-0.2, -0.15) is 0 Å². The molecule has 0 amide bonds. The summed E-state index contributed by atoms with van der Waals surface area (Å²) < 4.78 is 2.44. The van der Waals surface area contributed by atoms with Crippen LogP contribution in [0.25, 0.3) is 60.5 Å². The molecule has 7 aromatic carbocycles. The lowest BCUT2D eigenvalue weighted by Crippen LogP contribution is -2.28. The Balaban J connectivity index is 1.23. The molecule has 2 nitrogen and oxygen atoms in total. The molecule has 10 rings (SSSR count). The molecule has 48 heavy (non-hydrogen) atoms. The summed E-state index contributed by atoms with van der Waals surface area (Å²) in [4.78, 5) is 4.44. The molecule has 1 aliphatic rings. The van der Waals surface area contributed by atoms with Gasteiger partial charge >= 0.3 is 0 Å². The first-order valence-corrected chi connectivity index (χ1v) is 16.5. The summed E-state index contributed by atoms with van der Waals surface area (Å²) in [6.45, 7) is 0. The van der Waals surface area contributed by atoms with Gasteiger partial charge in [-0.25, -0.2) is 0 Å². The molecule has 1 aliphatic carbocycles. The van der Waals surface area contributed by atoms with Crippen molar-refractivity contribution in [1.29, 1.82) is 0 Å². The van der Waals surface area contributed by atoms with Crippen LogP contribution in [0.2, 0.25) is 0 Å². The van der Waals surface area contributed by atoms with E-state index in [1.807, 2.05) is 12.4 Å². The monoisotopic (exact) mass is 610 g/mol. The molecule has 2 heteroatoms. The summed E-state index contributed by atoms with van der Waals surface area (Å²) in [5.41, 5.74) is 13.3. The Hall–Kier alpha value is -6.25. The number of hydrogen-bond donors (Lipinski definition) is 0. The van der Waals surface area contributed by atoms with Gasteiger partial charge in [-0.15, -0.1) is 0 Å². The van der Waals surface area contributed by atoms with Crippen molar-refractivity contribution in [3.05, 3.63) is 205 Å². The molecule has 0 saturated heterocycles. The summed E-state index contributed by atoms with van der Waals surface area (Å²) in [5.74, 6) is 0. The molecular formula is C46H30N2. The zero-order valence-corrected chi connectivity index (χ0v) is 26.2. The van der Waals surface area contributed by atoms with Gasteiger partial charge in [-0.1, -0.05) is 133 Å². The number of pyridine rings is 1. The molecule has 0 saturated carbocycles. The zero-order chi connectivity index (χ0) is 31.7. The Labute approximate surface area is 279 Å². The van der Waals surface area contributed by atoms with E-state index in [0.717, 1.165) is 5.69 Å². The normalized spacial score (nSPS) is 13.2. The minimum atomic E-state index is -0.407. The van der Waals surface area contributed by atoms with Crippen LogP contribution in [0.1, 0.15) is 22.3 Å². The lowest BCUT2D eigenvalue weighted by molar-refractivity contribution is 0.768. The van der Waals surface area contributed by atoms with E-state index in [2.05, 4.69) is 179 Å². The smallest absolute Gasteiger partial charge is 0.0713 e. The van der Waals surface area contributed by atoms with Gasteiger partial charge in [-0.05, 0) is 86.3 Å². The highest BCUT2D eigenvalue weighted by atomic mass is 15.0. The van der Waals surface area contributed by atoms with Gasteiger partial charge in [0.05, 0.1) is 16.4 Å². The average molecular weight is 611 g/mol. The van der Waals surface area contributed by atoms with Crippen LogP contribution in [-0.4, -0.2) is 9.55 Å². The maximum Gasteiger partial charge on any atom is 0.0713 e. The lowest BCUT2D eigenvalue weighted by Gasteiger charge is -2.33. The number of nitrogens with zero attached hydrogens (tertiary/aromatic N) is 2. The highest BCUT2D eigenvalue weighted by Gasteiger charge is 2.46. The van der Waals surface area contributed by atoms with Gasteiger partial charge in [0.2, 0.25) is 0 Å². The molecule has 2 heterocycles. The van der Waals surface area contributed by atoms with E-state index in [1.54, 1.807) is 0 Å². The number of para-hydroxylation sites is 1. The molecule has 0 atom stereocenters. The Morgan fingerprint density at radius 2 is 1.12 bits per heavy atom. The summed E-state index contributed by atoms with van der Waals surface area (Å²) in [6.07, 6.45) is 3.84. The van der Waals surface area contributed by atoms with Crippen molar-refractivity contribution < 1.29 is 0 Å². The fraction of sp³-hybridized carbons (Fsp3) is 0.0217. The number of benzene rings is 7. The van der Waals surface area contributed by atoms with Crippen LogP contribution >= 0.6 is 0 Å². The third kappa shape index (κ3) is 3.72. The van der Waals surface area contributed by atoms with Crippen LogP contribution in [-0.2, 0) is 5.41 Å². The topological polar surface area (TPSA) is 17.8 Å². The summed E-state index contributed by atoms with van der Waals surface area (Å²) >= 11 is 0. The van der Waals surface area contributed by atoms with Crippen molar-refractivity contribution in [2.24, 2.45) is 0 Å². The Kier molecular flexibility index (Phi) is 5.82. The van der Waals surface area contributed by atoms with Crippen LogP contribution in [0.3, 0.4) is 0 Å². The lowest BCUT2D eigenvalue weighted by atomic mass is 9.68. The van der Waals surface area contributed by atoms with Crippen LogP contribution in [0.5, 0.6) is 0 Å². The SMILES string of the molecule is c1ccc(C2(c3ccccc3)c3ccccc3-c3cc(-n4c5ccccc5c5cc(-c6cccc7ccncc67)ccc54)ccc32)cc1. The van der Waals surface area contributed by atoms with Crippen molar-refractivity contribution in [2.75, 3.05) is 0 Å². The first kappa shape index (κ1) is 26.9. The van der Waals surface area contributed by atoms with Crippen LogP contribution in [0, 0.1) is 0 Å². The number of fused-ring (bicyclic) bond motifs is 7. The van der Waals surface area contributed by atoms with Crippen LogP contribution in [0.4, 0.5) is 0 Å². The van der Waals surface area contributed by atoms with E-state index in [0.29, 0.717) is 0 Å². The maximum atomic E-state index is 4.44. The first-order chi connectivity index (χ1) is 23.8. The van der Waals surface area contributed by atoms with Crippen molar-refractivity contribution in [3.63, 3.8) is 0 Å². The van der Waals surface area contributed by atoms with E-state index in [-0.39, 0.29) is 0 Å².